The van der Waals surface area contributed by atoms with E-state index in [1.54, 1.807) is 32.3 Å². The van der Waals surface area contributed by atoms with Gasteiger partial charge in [-0.2, -0.15) is 5.10 Å². The van der Waals surface area contributed by atoms with E-state index in [-0.39, 0.29) is 5.56 Å². The molecule has 164 valence electrons. The molecule has 4 heterocycles. The predicted octanol–water partition coefficient (Wildman–Crippen LogP) is 3.35. The summed E-state index contributed by atoms with van der Waals surface area (Å²) in [5.41, 5.74) is 2.84. The van der Waals surface area contributed by atoms with Crippen molar-refractivity contribution < 1.29 is 27.1 Å². The molecule has 0 saturated heterocycles. The Morgan fingerprint density at radius 2 is 2.06 bits per heavy atom. The molecule has 2 N–H and O–H groups in total. The smallest absolute Gasteiger partial charge is 0.387 e. The number of nitrogens with one attached hydrogen (secondary N) is 2. The summed E-state index contributed by atoms with van der Waals surface area (Å²) in [4.78, 5) is 17.6. The average molecular weight is 439 g/mol. The summed E-state index contributed by atoms with van der Waals surface area (Å²) in [7, 11) is 0. The number of hydrogen-bond donors (Lipinski definition) is 2. The molecule has 0 spiro atoms. The summed E-state index contributed by atoms with van der Waals surface area (Å²) in [6.45, 7) is 5.07. The van der Waals surface area contributed by atoms with Crippen molar-refractivity contribution in [2.24, 2.45) is 4.99 Å². The second-order valence-electron chi connectivity index (χ2n) is 7.21. The Morgan fingerprint density at radius 3 is 2.74 bits per heavy atom. The zero-order chi connectivity index (χ0) is 22.4. The number of hydroxylamine groups is 1. The molecule has 0 aromatic carbocycles. The van der Waals surface area contributed by atoms with Crippen LogP contribution >= 0.6 is 0 Å². The lowest BCUT2D eigenvalue weighted by atomic mass is 10.1. The number of anilines is 1. The highest BCUT2D eigenvalue weighted by atomic mass is 19.4. The van der Waals surface area contributed by atoms with E-state index in [0.29, 0.717) is 29.1 Å². The number of halogens is 4. The van der Waals surface area contributed by atoms with Gasteiger partial charge in [-0.3, -0.25) is 0 Å². The molecule has 1 atom stereocenters. The second kappa shape index (κ2) is 7.34. The fourth-order valence-electron chi connectivity index (χ4n) is 2.97. The van der Waals surface area contributed by atoms with Crippen LogP contribution in [0.5, 0.6) is 5.88 Å². The highest BCUT2D eigenvalue weighted by Gasteiger charge is 2.34. The van der Waals surface area contributed by atoms with Gasteiger partial charge in [-0.15, -0.1) is 13.2 Å². The maximum Gasteiger partial charge on any atom is 0.574 e. The molecule has 0 amide bonds. The van der Waals surface area contributed by atoms with Crippen LogP contribution in [0.3, 0.4) is 0 Å². The minimum atomic E-state index is -4.96. The van der Waals surface area contributed by atoms with E-state index in [1.165, 1.54) is 11.4 Å². The van der Waals surface area contributed by atoms with E-state index in [4.69, 9.17) is 4.84 Å². The van der Waals surface area contributed by atoms with Crippen molar-refractivity contribution in [2.45, 2.75) is 38.9 Å². The van der Waals surface area contributed by atoms with Crippen molar-refractivity contribution in [1.82, 2.24) is 25.1 Å². The van der Waals surface area contributed by atoms with E-state index >= 15 is 0 Å². The molecule has 9 nitrogen and oxygen atoms in total. The largest absolute Gasteiger partial charge is 0.574 e. The van der Waals surface area contributed by atoms with Crippen LogP contribution in [0.25, 0.3) is 5.65 Å². The van der Waals surface area contributed by atoms with Crippen molar-refractivity contribution in [3.63, 3.8) is 0 Å². The molecule has 4 rings (SSSR count). The van der Waals surface area contributed by atoms with Crippen LogP contribution in [0, 0.1) is 5.82 Å². The summed E-state index contributed by atoms with van der Waals surface area (Å²) in [5.74, 6) is -0.799. The zero-order valence-electron chi connectivity index (χ0n) is 16.5. The van der Waals surface area contributed by atoms with Crippen molar-refractivity contribution in [2.75, 3.05) is 5.32 Å². The maximum absolute atomic E-state index is 13.6. The maximum atomic E-state index is 13.6. The SMILES string of the molecule is CC(Nc1ccn2ncc(C3=NC(C)(C)ON3)c2n1)c1cc(F)cnc1OC(F)(F)F. The predicted molar refractivity (Wildman–Crippen MR) is 101 cm³/mol. The number of pyridine rings is 1. The Morgan fingerprint density at radius 1 is 1.29 bits per heavy atom. The molecule has 31 heavy (non-hydrogen) atoms. The first-order valence-corrected chi connectivity index (χ1v) is 9.07. The van der Waals surface area contributed by atoms with Crippen LogP contribution in [-0.2, 0) is 4.84 Å². The number of ether oxygens (including phenoxy) is 1. The molecule has 13 heteroatoms. The van der Waals surface area contributed by atoms with Gasteiger partial charge >= 0.3 is 6.36 Å². The van der Waals surface area contributed by atoms with Gasteiger partial charge in [0.25, 0.3) is 0 Å². The van der Waals surface area contributed by atoms with Crippen molar-refractivity contribution in [3.05, 3.63) is 47.7 Å². The van der Waals surface area contributed by atoms with E-state index in [0.717, 1.165) is 6.07 Å². The van der Waals surface area contributed by atoms with Gasteiger partial charge in [0.2, 0.25) is 5.88 Å². The van der Waals surface area contributed by atoms with Gasteiger partial charge in [0.05, 0.1) is 24.0 Å². The summed E-state index contributed by atoms with van der Waals surface area (Å²) < 4.78 is 57.1. The Balaban J connectivity index is 1.64. The molecule has 0 bridgehead atoms. The van der Waals surface area contributed by atoms with Crippen LogP contribution < -0.4 is 15.5 Å². The first-order valence-electron chi connectivity index (χ1n) is 9.07. The lowest BCUT2D eigenvalue weighted by Crippen LogP contribution is -2.23. The zero-order valence-corrected chi connectivity index (χ0v) is 16.5. The number of rotatable bonds is 5. The lowest BCUT2D eigenvalue weighted by Gasteiger charge is -2.18. The van der Waals surface area contributed by atoms with Gasteiger partial charge in [-0.05, 0) is 32.9 Å². The monoisotopic (exact) mass is 439 g/mol. The van der Waals surface area contributed by atoms with Crippen LogP contribution in [0.1, 0.15) is 37.9 Å². The van der Waals surface area contributed by atoms with Crippen molar-refractivity contribution in [3.8, 4) is 5.88 Å². The number of hydrogen-bond acceptors (Lipinski definition) is 8. The molecule has 0 saturated carbocycles. The second-order valence-corrected chi connectivity index (χ2v) is 7.21. The van der Waals surface area contributed by atoms with Gasteiger partial charge in [-0.1, -0.05) is 0 Å². The highest BCUT2D eigenvalue weighted by molar-refractivity contribution is 6.03. The average Bonchev–Trinajstić information content (AvgIpc) is 3.24. The molecule has 0 radical (unpaired) electrons. The Labute approximate surface area is 173 Å². The van der Waals surface area contributed by atoms with Crippen LogP contribution in [0.4, 0.5) is 23.4 Å². The number of alkyl halides is 3. The van der Waals surface area contributed by atoms with Gasteiger partial charge in [0.1, 0.15) is 11.6 Å². The fourth-order valence-corrected chi connectivity index (χ4v) is 2.97. The molecule has 3 aromatic rings. The van der Waals surface area contributed by atoms with E-state index in [2.05, 4.69) is 35.6 Å². The molecular weight excluding hydrogens is 422 g/mol. The van der Waals surface area contributed by atoms with E-state index < -0.39 is 29.8 Å². The first kappa shape index (κ1) is 20.8. The molecular formula is C18H17F4N7O2. The van der Waals surface area contributed by atoms with Gasteiger partial charge in [0.15, 0.2) is 17.2 Å². The molecule has 3 aromatic heterocycles. The van der Waals surface area contributed by atoms with Crippen LogP contribution in [0.15, 0.2) is 35.7 Å². The normalized spacial score (nSPS) is 16.7. The molecule has 0 aliphatic carbocycles. The highest BCUT2D eigenvalue weighted by Crippen LogP contribution is 2.30. The van der Waals surface area contributed by atoms with E-state index in [9.17, 15) is 17.6 Å². The number of fused-ring (bicyclic) bond motifs is 1. The summed E-state index contributed by atoms with van der Waals surface area (Å²) in [6, 6.07) is 1.68. The third-order valence-corrected chi connectivity index (χ3v) is 4.29. The third kappa shape index (κ3) is 4.50. The Bertz CT molecular complexity index is 1160. The lowest BCUT2D eigenvalue weighted by molar-refractivity contribution is -0.276. The standard InChI is InChI=1S/C18H17F4N7O2/c1-9(11-6-10(19)7-23-16(11)30-18(20,21)22)25-13-4-5-29-15(26-13)12(8-24-29)14-27-17(2,3)31-28-14/h4-9H,1-3H3,(H,25,26)(H,27,28). The molecule has 0 fully saturated rings. The minimum absolute atomic E-state index is 0.121. The molecule has 1 aliphatic rings. The van der Waals surface area contributed by atoms with Crippen LogP contribution in [-0.4, -0.2) is 37.5 Å². The molecule has 1 aliphatic heterocycles. The minimum Gasteiger partial charge on any atom is -0.387 e. The summed E-state index contributed by atoms with van der Waals surface area (Å²) in [5, 5.41) is 7.13. The topological polar surface area (TPSA) is 98.0 Å². The van der Waals surface area contributed by atoms with Crippen molar-refractivity contribution in [1.29, 1.82) is 0 Å². The first-order chi connectivity index (χ1) is 14.5. The van der Waals surface area contributed by atoms with Gasteiger partial charge in [0, 0.05) is 11.8 Å². The third-order valence-electron chi connectivity index (χ3n) is 4.29. The number of nitrogens with zero attached hydrogens (tertiary/aromatic N) is 5. The quantitative estimate of drug-likeness (QED) is 0.589. The number of amidine groups is 1. The van der Waals surface area contributed by atoms with Crippen molar-refractivity contribution >= 4 is 17.3 Å². The van der Waals surface area contributed by atoms with Crippen LogP contribution in [0.2, 0.25) is 0 Å². The van der Waals surface area contributed by atoms with E-state index in [1.807, 2.05) is 0 Å². The number of aliphatic imine (C=N–C) groups is 1. The van der Waals surface area contributed by atoms with Gasteiger partial charge < -0.3 is 10.1 Å². The fraction of sp³-hybridized carbons (Fsp3) is 0.333. The molecule has 1 unspecified atom stereocenters. The summed E-state index contributed by atoms with van der Waals surface area (Å²) in [6.07, 6.45) is -1.15. The Hall–Kier alpha value is -3.48. The summed E-state index contributed by atoms with van der Waals surface area (Å²) >= 11 is 0. The Kier molecular flexibility index (Phi) is 4.92. The number of aromatic nitrogens is 4. The van der Waals surface area contributed by atoms with Gasteiger partial charge in [-0.25, -0.2) is 34.2 Å².